The molecule has 0 saturated heterocycles. The molecular weight excluding hydrogens is 370 g/mol. The molecule has 6 nitrogen and oxygen atoms in total. The van der Waals surface area contributed by atoms with Gasteiger partial charge < -0.3 is 9.47 Å². The molecule has 0 unspecified atom stereocenters. The third kappa shape index (κ3) is 3.81. The lowest BCUT2D eigenvalue weighted by atomic mass is 10.2. The summed E-state index contributed by atoms with van der Waals surface area (Å²) in [7, 11) is 0. The Bertz CT molecular complexity index is 958. The first kappa shape index (κ1) is 16.9. The van der Waals surface area contributed by atoms with Crippen molar-refractivity contribution in [1.82, 2.24) is 10.2 Å². The van der Waals surface area contributed by atoms with E-state index in [1.807, 2.05) is 6.07 Å². The molecule has 8 heteroatoms. The molecule has 1 aliphatic rings. The fourth-order valence-corrected chi connectivity index (χ4v) is 4.16. The van der Waals surface area contributed by atoms with E-state index in [-0.39, 0.29) is 12.7 Å². The van der Waals surface area contributed by atoms with Crippen molar-refractivity contribution in [2.24, 2.45) is 0 Å². The van der Waals surface area contributed by atoms with Gasteiger partial charge in [-0.25, -0.2) is 0 Å². The Labute approximate surface area is 158 Å². The normalized spacial score (nSPS) is 12.2. The van der Waals surface area contributed by atoms with E-state index >= 15 is 0 Å². The number of hydrogen-bond acceptors (Lipinski definition) is 7. The summed E-state index contributed by atoms with van der Waals surface area (Å²) < 4.78 is 11.4. The van der Waals surface area contributed by atoms with Gasteiger partial charge in [-0.3, -0.25) is 10.1 Å². The standard InChI is InChI=1S/C18H15N3O3S2/c1-11-3-2-4-12(7-11)9-25-18-21-20-17(26-18)19-16(22)13-5-6-14-15(8-13)24-10-23-14/h2-8H,9-10H2,1H3,(H,19,20,22). The Morgan fingerprint density at radius 3 is 2.96 bits per heavy atom. The molecule has 1 amide bonds. The summed E-state index contributed by atoms with van der Waals surface area (Å²) in [5, 5.41) is 11.4. The lowest BCUT2D eigenvalue weighted by Gasteiger charge is -2.02. The van der Waals surface area contributed by atoms with Gasteiger partial charge in [0.05, 0.1) is 0 Å². The zero-order valence-electron chi connectivity index (χ0n) is 13.9. The third-order valence-corrected chi connectivity index (χ3v) is 5.75. The Balaban J connectivity index is 1.38. The molecule has 0 spiro atoms. The quantitative estimate of drug-likeness (QED) is 0.526. The summed E-state index contributed by atoms with van der Waals surface area (Å²) in [5.41, 5.74) is 2.95. The summed E-state index contributed by atoms with van der Waals surface area (Å²) in [6, 6.07) is 13.4. The number of hydrogen-bond donors (Lipinski definition) is 1. The Morgan fingerprint density at radius 1 is 1.19 bits per heavy atom. The zero-order chi connectivity index (χ0) is 17.9. The number of amides is 1. The van der Waals surface area contributed by atoms with Crippen LogP contribution in [0.3, 0.4) is 0 Å². The van der Waals surface area contributed by atoms with Crippen molar-refractivity contribution in [1.29, 1.82) is 0 Å². The van der Waals surface area contributed by atoms with Crippen molar-refractivity contribution in [3.05, 3.63) is 59.2 Å². The maximum Gasteiger partial charge on any atom is 0.257 e. The van der Waals surface area contributed by atoms with Crippen LogP contribution in [0.25, 0.3) is 0 Å². The highest BCUT2D eigenvalue weighted by molar-refractivity contribution is 8.00. The van der Waals surface area contributed by atoms with E-state index in [0.717, 1.165) is 10.1 Å². The number of anilines is 1. The van der Waals surface area contributed by atoms with Crippen molar-refractivity contribution in [2.75, 3.05) is 12.1 Å². The number of carbonyl (C=O) groups is 1. The van der Waals surface area contributed by atoms with Gasteiger partial charge in [-0.15, -0.1) is 10.2 Å². The minimum absolute atomic E-state index is 0.179. The highest BCUT2D eigenvalue weighted by Gasteiger charge is 2.17. The lowest BCUT2D eigenvalue weighted by molar-refractivity contribution is 0.102. The van der Waals surface area contributed by atoms with E-state index in [1.54, 1.807) is 30.0 Å². The van der Waals surface area contributed by atoms with Gasteiger partial charge in [0.25, 0.3) is 5.91 Å². The second-order valence-corrected chi connectivity index (χ2v) is 7.87. The summed E-state index contributed by atoms with van der Waals surface area (Å²) in [5.74, 6) is 1.78. The van der Waals surface area contributed by atoms with E-state index in [4.69, 9.17) is 9.47 Å². The molecule has 1 aromatic heterocycles. The van der Waals surface area contributed by atoms with Crippen LogP contribution >= 0.6 is 23.1 Å². The summed E-state index contributed by atoms with van der Waals surface area (Å²) in [6.45, 7) is 2.25. The number of aryl methyl sites for hydroxylation is 1. The molecule has 0 bridgehead atoms. The first-order valence-electron chi connectivity index (χ1n) is 7.90. The number of benzene rings is 2. The molecular formula is C18H15N3O3S2. The van der Waals surface area contributed by atoms with Crippen molar-refractivity contribution in [3.8, 4) is 11.5 Å². The Morgan fingerprint density at radius 2 is 2.08 bits per heavy atom. The van der Waals surface area contributed by atoms with Crippen LogP contribution in [0.2, 0.25) is 0 Å². The molecule has 1 aliphatic heterocycles. The summed E-state index contributed by atoms with van der Waals surface area (Å²) >= 11 is 2.96. The number of fused-ring (bicyclic) bond motifs is 1. The fourth-order valence-electron chi connectivity index (χ4n) is 2.47. The van der Waals surface area contributed by atoms with Crippen LogP contribution in [0.1, 0.15) is 21.5 Å². The summed E-state index contributed by atoms with van der Waals surface area (Å²) in [4.78, 5) is 12.4. The predicted molar refractivity (Wildman–Crippen MR) is 101 cm³/mol. The molecule has 4 rings (SSSR count). The second kappa shape index (κ2) is 7.35. The fraction of sp³-hybridized carbons (Fsp3) is 0.167. The minimum atomic E-state index is -0.255. The van der Waals surface area contributed by atoms with E-state index in [9.17, 15) is 4.79 Å². The van der Waals surface area contributed by atoms with E-state index in [2.05, 4.69) is 40.6 Å². The van der Waals surface area contributed by atoms with Gasteiger partial charge in [-0.05, 0) is 30.7 Å². The molecule has 2 aromatic carbocycles. The first-order chi connectivity index (χ1) is 12.7. The molecule has 0 fully saturated rings. The van der Waals surface area contributed by atoms with Gasteiger partial charge in [0.15, 0.2) is 15.8 Å². The number of rotatable bonds is 5. The van der Waals surface area contributed by atoms with Crippen LogP contribution < -0.4 is 14.8 Å². The van der Waals surface area contributed by atoms with Crippen molar-refractivity contribution >= 4 is 34.1 Å². The largest absolute Gasteiger partial charge is 0.454 e. The number of ether oxygens (including phenoxy) is 2. The lowest BCUT2D eigenvalue weighted by Crippen LogP contribution is -2.11. The van der Waals surface area contributed by atoms with Crippen molar-refractivity contribution in [3.63, 3.8) is 0 Å². The molecule has 0 atom stereocenters. The molecule has 26 heavy (non-hydrogen) atoms. The van der Waals surface area contributed by atoms with Crippen molar-refractivity contribution in [2.45, 2.75) is 17.0 Å². The highest BCUT2D eigenvalue weighted by atomic mass is 32.2. The van der Waals surface area contributed by atoms with Gasteiger partial charge in [0.1, 0.15) is 0 Å². The molecule has 3 aromatic rings. The maximum atomic E-state index is 12.4. The van der Waals surface area contributed by atoms with Crippen LogP contribution in [0.4, 0.5) is 5.13 Å². The predicted octanol–water partition coefficient (Wildman–Crippen LogP) is 4.12. The van der Waals surface area contributed by atoms with E-state index < -0.39 is 0 Å². The van der Waals surface area contributed by atoms with Crippen LogP contribution in [-0.2, 0) is 5.75 Å². The topological polar surface area (TPSA) is 73.3 Å². The number of nitrogens with zero attached hydrogens (tertiary/aromatic N) is 2. The highest BCUT2D eigenvalue weighted by Crippen LogP contribution is 2.33. The molecule has 0 radical (unpaired) electrons. The first-order valence-corrected chi connectivity index (χ1v) is 9.70. The van der Waals surface area contributed by atoms with Gasteiger partial charge in [0.2, 0.25) is 11.9 Å². The average Bonchev–Trinajstić information content (AvgIpc) is 3.28. The zero-order valence-corrected chi connectivity index (χ0v) is 15.5. The number of aromatic nitrogens is 2. The van der Waals surface area contributed by atoms with Crippen LogP contribution in [-0.4, -0.2) is 22.9 Å². The molecule has 1 N–H and O–H groups in total. The molecule has 0 aliphatic carbocycles. The minimum Gasteiger partial charge on any atom is -0.454 e. The van der Waals surface area contributed by atoms with Gasteiger partial charge >= 0.3 is 0 Å². The van der Waals surface area contributed by atoms with E-state index in [0.29, 0.717) is 22.2 Å². The van der Waals surface area contributed by atoms with Gasteiger partial charge in [0, 0.05) is 11.3 Å². The van der Waals surface area contributed by atoms with Crippen LogP contribution in [0.5, 0.6) is 11.5 Å². The van der Waals surface area contributed by atoms with E-state index in [1.165, 1.54) is 22.5 Å². The van der Waals surface area contributed by atoms with Crippen molar-refractivity contribution < 1.29 is 14.3 Å². The Kier molecular flexibility index (Phi) is 4.77. The number of thioether (sulfide) groups is 1. The average molecular weight is 385 g/mol. The number of carbonyl (C=O) groups excluding carboxylic acids is 1. The molecule has 2 heterocycles. The summed E-state index contributed by atoms with van der Waals surface area (Å²) in [6.07, 6.45) is 0. The molecule has 132 valence electrons. The van der Waals surface area contributed by atoms with Crippen LogP contribution in [0.15, 0.2) is 46.8 Å². The number of nitrogens with one attached hydrogen (secondary N) is 1. The second-order valence-electron chi connectivity index (χ2n) is 5.67. The smallest absolute Gasteiger partial charge is 0.257 e. The van der Waals surface area contributed by atoms with Crippen LogP contribution in [0, 0.1) is 6.92 Å². The Hall–Kier alpha value is -2.58. The SMILES string of the molecule is Cc1cccc(CSc2nnc(NC(=O)c3ccc4c(c3)OCO4)s2)c1. The van der Waals surface area contributed by atoms with Gasteiger partial charge in [-0.1, -0.05) is 52.9 Å². The third-order valence-electron chi connectivity index (χ3n) is 3.71. The van der Waals surface area contributed by atoms with Gasteiger partial charge in [-0.2, -0.15) is 0 Å². The maximum absolute atomic E-state index is 12.4. The molecule has 0 saturated carbocycles. The monoisotopic (exact) mass is 385 g/mol.